The van der Waals surface area contributed by atoms with Gasteiger partial charge < -0.3 is 24.4 Å². The SMILES string of the molecule is COc1cc(N2CCN(C(=O)Cn3nc(C(F)(F)F)c(Cl)c3C)CC2)c(C(=O)NCCCn2ccnc2)cc1Cl. The Morgan fingerprint density at radius 1 is 1.15 bits per heavy atom. The monoisotopic (exact) mass is 601 g/mol. The van der Waals surface area contributed by atoms with Crippen molar-refractivity contribution in [2.24, 2.45) is 0 Å². The normalized spacial score (nSPS) is 14.0. The molecule has 2 amide bonds. The summed E-state index contributed by atoms with van der Waals surface area (Å²) in [6.45, 7) is 3.49. The van der Waals surface area contributed by atoms with E-state index in [2.05, 4.69) is 15.4 Å². The van der Waals surface area contributed by atoms with Crippen LogP contribution in [0.3, 0.4) is 0 Å². The van der Waals surface area contributed by atoms with E-state index in [1.165, 1.54) is 14.0 Å². The minimum Gasteiger partial charge on any atom is -0.495 e. The number of piperazine rings is 1. The number of benzene rings is 1. The van der Waals surface area contributed by atoms with Gasteiger partial charge in [0.2, 0.25) is 5.91 Å². The molecule has 15 heteroatoms. The van der Waals surface area contributed by atoms with Gasteiger partial charge in [0, 0.05) is 57.7 Å². The summed E-state index contributed by atoms with van der Waals surface area (Å²) in [4.78, 5) is 33.5. The van der Waals surface area contributed by atoms with Gasteiger partial charge in [-0.25, -0.2) is 4.98 Å². The molecule has 1 aliphatic heterocycles. The van der Waals surface area contributed by atoms with Gasteiger partial charge in [-0.15, -0.1) is 0 Å². The number of aromatic nitrogens is 4. The van der Waals surface area contributed by atoms with Crippen molar-refractivity contribution >= 4 is 40.7 Å². The molecule has 3 aromatic rings. The van der Waals surface area contributed by atoms with E-state index in [0.717, 1.165) is 4.68 Å². The number of rotatable bonds is 9. The van der Waals surface area contributed by atoms with Crippen molar-refractivity contribution in [3.05, 3.63) is 57.9 Å². The molecule has 0 unspecified atom stereocenters. The zero-order chi connectivity index (χ0) is 29.0. The van der Waals surface area contributed by atoms with Crippen molar-refractivity contribution in [2.75, 3.05) is 44.7 Å². The van der Waals surface area contributed by atoms with Crippen LogP contribution in [-0.4, -0.2) is 75.9 Å². The van der Waals surface area contributed by atoms with E-state index in [4.69, 9.17) is 27.9 Å². The molecule has 40 heavy (non-hydrogen) atoms. The van der Waals surface area contributed by atoms with Crippen molar-refractivity contribution in [2.45, 2.75) is 32.6 Å². The van der Waals surface area contributed by atoms with Crippen LogP contribution in [-0.2, 0) is 24.1 Å². The zero-order valence-electron chi connectivity index (χ0n) is 21.8. The molecule has 1 aromatic carbocycles. The van der Waals surface area contributed by atoms with Crippen LogP contribution in [0.4, 0.5) is 18.9 Å². The third kappa shape index (κ3) is 6.64. The number of nitrogens with zero attached hydrogens (tertiary/aromatic N) is 6. The van der Waals surface area contributed by atoms with Crippen LogP contribution in [0.1, 0.15) is 28.2 Å². The van der Waals surface area contributed by atoms with E-state index < -0.39 is 16.9 Å². The summed E-state index contributed by atoms with van der Waals surface area (Å²) in [6, 6.07) is 3.24. The van der Waals surface area contributed by atoms with Crippen LogP contribution in [0.25, 0.3) is 0 Å². The number of nitrogens with one attached hydrogen (secondary N) is 1. The maximum Gasteiger partial charge on any atom is 0.436 e. The number of amides is 2. The Kier molecular flexibility index (Phi) is 9.14. The first kappa shape index (κ1) is 29.5. The summed E-state index contributed by atoms with van der Waals surface area (Å²) in [5.74, 6) is -0.284. The Bertz CT molecular complexity index is 1350. The number of carbonyl (C=O) groups excluding carboxylic acids is 2. The molecule has 4 rings (SSSR count). The average Bonchev–Trinajstić information content (AvgIpc) is 3.54. The maximum atomic E-state index is 13.1. The highest BCUT2D eigenvalue weighted by atomic mass is 35.5. The Morgan fingerprint density at radius 3 is 2.48 bits per heavy atom. The average molecular weight is 602 g/mol. The molecule has 1 saturated heterocycles. The number of ether oxygens (including phenoxy) is 1. The molecular formula is C25H28Cl2F3N7O3. The molecular weight excluding hydrogens is 574 g/mol. The Hall–Kier alpha value is -3.45. The van der Waals surface area contributed by atoms with Gasteiger partial charge in [-0.1, -0.05) is 23.2 Å². The molecule has 0 bridgehead atoms. The van der Waals surface area contributed by atoms with Crippen LogP contribution in [0.5, 0.6) is 5.75 Å². The van der Waals surface area contributed by atoms with E-state index in [1.807, 2.05) is 15.7 Å². The van der Waals surface area contributed by atoms with E-state index in [-0.39, 0.29) is 42.2 Å². The highest BCUT2D eigenvalue weighted by Gasteiger charge is 2.38. The number of hydrogen-bond donors (Lipinski definition) is 1. The second kappa shape index (κ2) is 12.4. The number of imidazole rings is 1. The topological polar surface area (TPSA) is 97.5 Å². The first-order valence-electron chi connectivity index (χ1n) is 12.4. The number of hydrogen-bond acceptors (Lipinski definition) is 6. The lowest BCUT2D eigenvalue weighted by atomic mass is 10.1. The van der Waals surface area contributed by atoms with Gasteiger partial charge in [-0.05, 0) is 19.4 Å². The summed E-state index contributed by atoms with van der Waals surface area (Å²) in [6.07, 6.45) is 1.23. The number of aryl methyl sites for hydroxylation is 1. The minimum atomic E-state index is -4.72. The third-order valence-electron chi connectivity index (χ3n) is 6.61. The number of methoxy groups -OCH3 is 1. The highest BCUT2D eigenvalue weighted by Crippen LogP contribution is 2.36. The van der Waals surface area contributed by atoms with E-state index in [0.29, 0.717) is 49.6 Å². The minimum absolute atomic E-state index is 0.0647. The van der Waals surface area contributed by atoms with Crippen LogP contribution >= 0.6 is 23.2 Å². The van der Waals surface area contributed by atoms with Crippen LogP contribution in [0.15, 0.2) is 30.9 Å². The van der Waals surface area contributed by atoms with Crippen molar-refractivity contribution in [3.8, 4) is 5.75 Å². The molecule has 3 heterocycles. The van der Waals surface area contributed by atoms with Gasteiger partial charge in [0.15, 0.2) is 5.69 Å². The fraction of sp³-hybridized carbons (Fsp3) is 0.440. The number of anilines is 1. The van der Waals surface area contributed by atoms with Gasteiger partial charge in [0.1, 0.15) is 12.3 Å². The smallest absolute Gasteiger partial charge is 0.436 e. The first-order valence-corrected chi connectivity index (χ1v) is 13.2. The molecule has 0 aliphatic carbocycles. The second-order valence-electron chi connectivity index (χ2n) is 9.19. The number of carbonyl (C=O) groups is 2. The van der Waals surface area contributed by atoms with Crippen molar-refractivity contribution in [1.29, 1.82) is 0 Å². The molecule has 0 saturated carbocycles. The lowest BCUT2D eigenvalue weighted by Crippen LogP contribution is -2.50. The maximum absolute atomic E-state index is 13.1. The molecule has 2 aromatic heterocycles. The summed E-state index contributed by atoms with van der Waals surface area (Å²) in [7, 11) is 1.48. The van der Waals surface area contributed by atoms with Crippen LogP contribution in [0.2, 0.25) is 10.0 Å². The Balaban J connectivity index is 1.41. The van der Waals surface area contributed by atoms with Crippen molar-refractivity contribution in [3.63, 3.8) is 0 Å². The fourth-order valence-electron chi connectivity index (χ4n) is 4.40. The quantitative estimate of drug-likeness (QED) is 0.374. The number of alkyl halides is 3. The largest absolute Gasteiger partial charge is 0.495 e. The summed E-state index contributed by atoms with van der Waals surface area (Å²) >= 11 is 12.1. The van der Waals surface area contributed by atoms with Crippen LogP contribution in [0, 0.1) is 6.92 Å². The lowest BCUT2D eigenvalue weighted by molar-refractivity contribution is -0.142. The highest BCUT2D eigenvalue weighted by molar-refractivity contribution is 6.32. The Morgan fingerprint density at radius 2 is 1.88 bits per heavy atom. The van der Waals surface area contributed by atoms with Crippen LogP contribution < -0.4 is 15.0 Å². The van der Waals surface area contributed by atoms with Crippen molar-refractivity contribution in [1.82, 2.24) is 29.5 Å². The summed E-state index contributed by atoms with van der Waals surface area (Å²) in [5.41, 5.74) is -0.178. The van der Waals surface area contributed by atoms with Crippen molar-refractivity contribution < 1.29 is 27.5 Å². The molecule has 0 spiro atoms. The Labute approximate surface area is 238 Å². The molecule has 0 atom stereocenters. The van der Waals surface area contributed by atoms with E-state index in [9.17, 15) is 22.8 Å². The summed E-state index contributed by atoms with van der Waals surface area (Å²) < 4.78 is 47.7. The predicted octanol–water partition coefficient (Wildman–Crippen LogP) is 3.89. The fourth-order valence-corrected chi connectivity index (χ4v) is 4.89. The molecule has 1 fully saturated rings. The van der Waals surface area contributed by atoms with Gasteiger partial charge >= 0.3 is 6.18 Å². The van der Waals surface area contributed by atoms with Gasteiger partial charge in [-0.3, -0.25) is 14.3 Å². The van der Waals surface area contributed by atoms with Gasteiger partial charge in [0.25, 0.3) is 5.91 Å². The third-order valence-corrected chi connectivity index (χ3v) is 7.36. The molecule has 10 nitrogen and oxygen atoms in total. The first-order chi connectivity index (χ1) is 19.0. The number of halogens is 5. The van der Waals surface area contributed by atoms with E-state index >= 15 is 0 Å². The molecule has 0 radical (unpaired) electrons. The molecule has 1 N–H and O–H groups in total. The predicted molar refractivity (Wildman–Crippen MR) is 143 cm³/mol. The molecule has 1 aliphatic rings. The lowest BCUT2D eigenvalue weighted by Gasteiger charge is -2.37. The second-order valence-corrected chi connectivity index (χ2v) is 9.97. The van der Waals surface area contributed by atoms with Gasteiger partial charge in [-0.2, -0.15) is 18.3 Å². The van der Waals surface area contributed by atoms with Gasteiger partial charge in [0.05, 0.1) is 40.4 Å². The summed E-state index contributed by atoms with van der Waals surface area (Å²) in [5, 5.41) is 6.19. The zero-order valence-corrected chi connectivity index (χ0v) is 23.4. The van der Waals surface area contributed by atoms with E-state index in [1.54, 1.807) is 29.6 Å². The molecule has 216 valence electrons. The standard InChI is InChI=1S/C25H28Cl2F3N7O3/c1-16-22(27)23(25(28,29)30)33-37(16)14-21(38)36-10-8-35(9-11-36)19-13-20(40-2)18(26)12-17(19)24(39)32-4-3-6-34-7-5-31-15-34/h5,7,12-13,15H,3-4,6,8-11,14H2,1-2H3,(H,32,39).